The van der Waals surface area contributed by atoms with E-state index in [9.17, 15) is 0 Å². The Balaban J connectivity index is 1.53. The van der Waals surface area contributed by atoms with Crippen LogP contribution in [0.2, 0.25) is 0 Å². The van der Waals surface area contributed by atoms with E-state index < -0.39 is 0 Å². The molecule has 4 fully saturated rings. The van der Waals surface area contributed by atoms with Gasteiger partial charge in [0.2, 0.25) is 0 Å². The lowest BCUT2D eigenvalue weighted by Gasteiger charge is -2.48. The molecule has 0 amide bonds. The summed E-state index contributed by atoms with van der Waals surface area (Å²) < 4.78 is 0. The fourth-order valence-electron chi connectivity index (χ4n) is 3.56. The first-order valence-electron chi connectivity index (χ1n) is 5.92. The van der Waals surface area contributed by atoms with Crippen molar-refractivity contribution >= 4 is 0 Å². The van der Waals surface area contributed by atoms with Crippen LogP contribution in [0.1, 0.15) is 51.4 Å². The number of hydrogen-bond donors (Lipinski definition) is 0. The molecule has 68 valence electrons. The van der Waals surface area contributed by atoms with E-state index in [1.165, 1.54) is 24.2 Å². The van der Waals surface area contributed by atoms with Gasteiger partial charge in [0.1, 0.15) is 0 Å². The molecule has 2 bridgehead atoms. The molecule has 4 rings (SSSR count). The monoisotopic (exact) mass is 164 g/mol. The Morgan fingerprint density at radius 1 is 0.917 bits per heavy atom. The van der Waals surface area contributed by atoms with Crippen molar-refractivity contribution in [3.63, 3.8) is 0 Å². The van der Waals surface area contributed by atoms with Gasteiger partial charge in [-0.1, -0.05) is 25.7 Å². The first kappa shape index (κ1) is 7.41. The second-order valence-corrected chi connectivity index (χ2v) is 5.47. The third-order valence-electron chi connectivity index (χ3n) is 4.75. The molecule has 0 heteroatoms. The highest BCUT2D eigenvalue weighted by molar-refractivity contribution is 4.91. The first-order valence-corrected chi connectivity index (χ1v) is 5.92. The van der Waals surface area contributed by atoms with Crippen molar-refractivity contribution in [2.75, 3.05) is 0 Å². The van der Waals surface area contributed by atoms with Gasteiger partial charge in [0, 0.05) is 0 Å². The topological polar surface area (TPSA) is 0 Å². The molecule has 0 spiro atoms. The molecule has 4 aliphatic carbocycles. The summed E-state index contributed by atoms with van der Waals surface area (Å²) in [6.07, 6.45) is 12.6. The van der Waals surface area contributed by atoms with Gasteiger partial charge >= 0.3 is 0 Å². The van der Waals surface area contributed by atoms with Crippen LogP contribution in [-0.4, -0.2) is 0 Å². The fraction of sp³-hybridized carbons (Fsp3) is 1.00. The lowest BCUT2D eigenvalue weighted by molar-refractivity contribution is 0.0281. The Morgan fingerprint density at radius 2 is 1.75 bits per heavy atom. The summed E-state index contributed by atoms with van der Waals surface area (Å²) >= 11 is 0. The summed E-state index contributed by atoms with van der Waals surface area (Å²) in [6.45, 7) is 0. The molecule has 1 atom stereocenters. The minimum absolute atomic E-state index is 1.16. The lowest BCUT2D eigenvalue weighted by Crippen LogP contribution is -2.37. The number of hydrogen-bond acceptors (Lipinski definition) is 0. The van der Waals surface area contributed by atoms with Crippen molar-refractivity contribution < 1.29 is 0 Å². The van der Waals surface area contributed by atoms with Gasteiger partial charge in [-0.3, -0.25) is 0 Å². The molecule has 12 heavy (non-hydrogen) atoms. The van der Waals surface area contributed by atoms with Crippen LogP contribution >= 0.6 is 0 Å². The van der Waals surface area contributed by atoms with Gasteiger partial charge in [0.25, 0.3) is 0 Å². The fourth-order valence-corrected chi connectivity index (χ4v) is 3.56. The molecule has 0 saturated heterocycles. The molecule has 0 aromatic carbocycles. The van der Waals surface area contributed by atoms with Gasteiger partial charge in [-0.2, -0.15) is 0 Å². The molecule has 0 aromatic rings. The van der Waals surface area contributed by atoms with E-state index in [0.29, 0.717) is 0 Å². The van der Waals surface area contributed by atoms with Crippen molar-refractivity contribution in [1.82, 2.24) is 0 Å². The van der Waals surface area contributed by atoms with Gasteiger partial charge < -0.3 is 0 Å². The van der Waals surface area contributed by atoms with Crippen molar-refractivity contribution in [3.8, 4) is 0 Å². The van der Waals surface area contributed by atoms with E-state index in [0.717, 1.165) is 5.92 Å². The molecule has 0 nitrogen and oxygen atoms in total. The minimum atomic E-state index is 1.16. The van der Waals surface area contributed by atoms with Gasteiger partial charge in [-0.15, -0.1) is 0 Å². The van der Waals surface area contributed by atoms with E-state index >= 15 is 0 Å². The Morgan fingerprint density at radius 3 is 2.25 bits per heavy atom. The smallest absolute Gasteiger partial charge is 0.0380 e. The van der Waals surface area contributed by atoms with Crippen molar-refractivity contribution in [1.29, 1.82) is 0 Å². The van der Waals surface area contributed by atoms with Crippen LogP contribution in [0.4, 0.5) is 0 Å². The molecule has 0 N–H and O–H groups in total. The van der Waals surface area contributed by atoms with E-state index in [1.807, 2.05) is 0 Å². The molecular formula is C12H20. The maximum Gasteiger partial charge on any atom is -0.0380 e. The molecule has 1 unspecified atom stereocenters. The molecular weight excluding hydrogens is 144 g/mol. The highest BCUT2D eigenvalue weighted by Gasteiger charge is 2.40. The average molecular weight is 164 g/mol. The Hall–Kier alpha value is 0. The van der Waals surface area contributed by atoms with E-state index in [1.54, 1.807) is 44.9 Å². The van der Waals surface area contributed by atoms with Crippen LogP contribution in [-0.2, 0) is 0 Å². The normalized spacial score (nSPS) is 46.5. The second-order valence-electron chi connectivity index (χ2n) is 5.47. The van der Waals surface area contributed by atoms with Gasteiger partial charge in [-0.05, 0) is 49.4 Å². The minimum Gasteiger partial charge on any atom is -0.0528 e. The Labute approximate surface area is 75.7 Å². The lowest BCUT2D eigenvalue weighted by atomic mass is 9.57. The number of fused-ring (bicyclic) bond motifs is 2. The summed E-state index contributed by atoms with van der Waals surface area (Å²) in [6, 6.07) is 0. The van der Waals surface area contributed by atoms with Gasteiger partial charge in [0.05, 0.1) is 0 Å². The highest BCUT2D eigenvalue weighted by Crippen LogP contribution is 2.52. The van der Waals surface area contributed by atoms with Gasteiger partial charge in [-0.25, -0.2) is 0 Å². The quantitative estimate of drug-likeness (QED) is 0.585. The predicted molar refractivity (Wildman–Crippen MR) is 50.9 cm³/mol. The Bertz CT molecular complexity index is 160. The molecule has 0 aliphatic heterocycles. The van der Waals surface area contributed by atoms with E-state index in [4.69, 9.17) is 0 Å². The van der Waals surface area contributed by atoms with Crippen LogP contribution in [0.25, 0.3) is 0 Å². The third kappa shape index (κ3) is 1.11. The average Bonchev–Trinajstić information content (AvgIpc) is 1.96. The number of rotatable bonds is 2. The summed E-state index contributed by atoms with van der Waals surface area (Å²) in [5.74, 6) is 4.68. The van der Waals surface area contributed by atoms with Crippen molar-refractivity contribution in [2.24, 2.45) is 23.7 Å². The second kappa shape index (κ2) is 2.75. The maximum absolute atomic E-state index is 1.61. The van der Waals surface area contributed by atoms with Crippen LogP contribution < -0.4 is 0 Å². The third-order valence-corrected chi connectivity index (χ3v) is 4.75. The Kier molecular flexibility index (Phi) is 1.70. The van der Waals surface area contributed by atoms with E-state index in [2.05, 4.69) is 0 Å². The first-order chi connectivity index (χ1) is 5.92. The zero-order chi connectivity index (χ0) is 7.97. The maximum atomic E-state index is 1.61. The largest absolute Gasteiger partial charge is 0.0528 e. The zero-order valence-electron chi connectivity index (χ0n) is 7.97. The summed E-state index contributed by atoms with van der Waals surface area (Å²) in [4.78, 5) is 0. The van der Waals surface area contributed by atoms with Crippen LogP contribution in [0.5, 0.6) is 0 Å². The standard InChI is InChI=1S/C12H20/c1-2-9(3-1)6-11-5-4-10-7-12(11)8-10/h9-12H,1-8H2. The summed E-state index contributed by atoms with van der Waals surface area (Å²) in [5.41, 5.74) is 0. The molecule has 4 aliphatic rings. The SMILES string of the molecule is C1CC(CC2CCC3CC2C3)C1. The van der Waals surface area contributed by atoms with E-state index in [-0.39, 0.29) is 0 Å². The van der Waals surface area contributed by atoms with Gasteiger partial charge in [0.15, 0.2) is 0 Å². The van der Waals surface area contributed by atoms with Crippen LogP contribution in [0, 0.1) is 23.7 Å². The predicted octanol–water partition coefficient (Wildman–Crippen LogP) is 3.61. The summed E-state index contributed by atoms with van der Waals surface area (Å²) in [7, 11) is 0. The molecule has 4 saturated carbocycles. The van der Waals surface area contributed by atoms with Crippen molar-refractivity contribution in [2.45, 2.75) is 51.4 Å². The molecule has 0 heterocycles. The zero-order valence-corrected chi connectivity index (χ0v) is 7.97. The molecule has 0 aromatic heterocycles. The van der Waals surface area contributed by atoms with Crippen LogP contribution in [0.15, 0.2) is 0 Å². The molecule has 0 radical (unpaired) electrons. The highest BCUT2D eigenvalue weighted by atomic mass is 14.5. The summed E-state index contributed by atoms with van der Waals surface area (Å²) in [5, 5.41) is 0. The van der Waals surface area contributed by atoms with Crippen molar-refractivity contribution in [3.05, 3.63) is 0 Å². The van der Waals surface area contributed by atoms with Crippen LogP contribution in [0.3, 0.4) is 0 Å².